The van der Waals surface area contributed by atoms with Crippen molar-refractivity contribution in [2.24, 2.45) is 0 Å². The Morgan fingerprint density at radius 3 is 2.75 bits per heavy atom. The van der Waals surface area contributed by atoms with Crippen LogP contribution in [0.3, 0.4) is 0 Å². The van der Waals surface area contributed by atoms with E-state index in [0.717, 1.165) is 5.56 Å². The number of halogens is 1. The average Bonchev–Trinajstić information content (AvgIpc) is 2.60. The number of cyclic esters (lactones) is 1. The molecule has 2 atom stereocenters. The second kappa shape index (κ2) is 5.07. The summed E-state index contributed by atoms with van der Waals surface area (Å²) >= 11 is 0. The Kier molecular flexibility index (Phi) is 3.51. The first-order chi connectivity index (χ1) is 7.75. The van der Waals surface area contributed by atoms with Crippen molar-refractivity contribution in [3.05, 3.63) is 35.9 Å². The van der Waals surface area contributed by atoms with Crippen molar-refractivity contribution in [3.63, 3.8) is 0 Å². The predicted molar refractivity (Wildman–Crippen MR) is 55.5 cm³/mol. The molecule has 4 heteroatoms. The van der Waals surface area contributed by atoms with Crippen LogP contribution in [0.15, 0.2) is 30.3 Å². The number of rotatable bonds is 4. The van der Waals surface area contributed by atoms with Gasteiger partial charge in [-0.3, -0.25) is 0 Å². The third-order valence-electron chi connectivity index (χ3n) is 2.42. The Balaban J connectivity index is 1.71. The molecule has 0 amide bonds. The van der Waals surface area contributed by atoms with Gasteiger partial charge in [-0.1, -0.05) is 30.3 Å². The summed E-state index contributed by atoms with van der Waals surface area (Å²) in [6.07, 6.45) is -1.82. The number of hydrogen-bond donors (Lipinski definition) is 0. The van der Waals surface area contributed by atoms with E-state index in [9.17, 15) is 9.18 Å². The summed E-state index contributed by atoms with van der Waals surface area (Å²) in [7, 11) is 0. The predicted octanol–water partition coefficient (Wildman–Crippen LogP) is 1.86. The molecule has 86 valence electrons. The van der Waals surface area contributed by atoms with E-state index >= 15 is 0 Å². The van der Waals surface area contributed by atoms with Crippen molar-refractivity contribution in [1.29, 1.82) is 0 Å². The Morgan fingerprint density at radius 2 is 2.12 bits per heavy atom. The van der Waals surface area contributed by atoms with E-state index in [2.05, 4.69) is 0 Å². The summed E-state index contributed by atoms with van der Waals surface area (Å²) in [6.45, 7) is 0.701. The van der Waals surface area contributed by atoms with Crippen LogP contribution in [0.2, 0.25) is 0 Å². The standard InChI is InChI=1S/C12H13FO3/c13-11-6-10(16-12(11)14)8-15-7-9-4-2-1-3-5-9/h1-5,10-11H,6-8H2/t10-,11+/m0/s1. The fourth-order valence-electron chi connectivity index (χ4n) is 1.60. The SMILES string of the molecule is O=C1O[C@H](COCc2ccccc2)C[C@H]1F. The number of carbonyl (C=O) groups excluding carboxylic acids is 1. The van der Waals surface area contributed by atoms with E-state index in [0.29, 0.717) is 6.61 Å². The van der Waals surface area contributed by atoms with Crippen molar-refractivity contribution in [1.82, 2.24) is 0 Å². The highest BCUT2D eigenvalue weighted by Gasteiger charge is 2.34. The molecule has 0 aliphatic carbocycles. The van der Waals surface area contributed by atoms with Crippen LogP contribution in [0.5, 0.6) is 0 Å². The molecule has 1 aromatic rings. The van der Waals surface area contributed by atoms with Crippen molar-refractivity contribution in [2.45, 2.75) is 25.3 Å². The normalized spacial score (nSPS) is 24.4. The lowest BCUT2D eigenvalue weighted by Gasteiger charge is -2.09. The van der Waals surface area contributed by atoms with Crippen LogP contribution >= 0.6 is 0 Å². The monoisotopic (exact) mass is 224 g/mol. The topological polar surface area (TPSA) is 35.5 Å². The van der Waals surface area contributed by atoms with Crippen molar-refractivity contribution in [3.8, 4) is 0 Å². The quantitative estimate of drug-likeness (QED) is 0.732. The lowest BCUT2D eigenvalue weighted by Crippen LogP contribution is -2.14. The molecule has 0 bridgehead atoms. The number of ether oxygens (including phenoxy) is 2. The molecule has 1 heterocycles. The van der Waals surface area contributed by atoms with Crippen LogP contribution in [0.25, 0.3) is 0 Å². The summed E-state index contributed by atoms with van der Waals surface area (Å²) in [5.41, 5.74) is 1.05. The fraction of sp³-hybridized carbons (Fsp3) is 0.417. The first-order valence-electron chi connectivity index (χ1n) is 5.22. The van der Waals surface area contributed by atoms with E-state index in [1.54, 1.807) is 0 Å². The molecule has 1 aromatic carbocycles. The van der Waals surface area contributed by atoms with Gasteiger partial charge in [0, 0.05) is 6.42 Å². The molecule has 0 aromatic heterocycles. The second-order valence-electron chi connectivity index (χ2n) is 3.76. The van der Waals surface area contributed by atoms with Gasteiger partial charge in [-0.15, -0.1) is 0 Å². The van der Waals surface area contributed by atoms with Crippen LogP contribution in [-0.4, -0.2) is 24.9 Å². The highest BCUT2D eigenvalue weighted by atomic mass is 19.1. The average molecular weight is 224 g/mol. The minimum atomic E-state index is -1.48. The first kappa shape index (κ1) is 11.1. The summed E-state index contributed by atoms with van der Waals surface area (Å²) in [6, 6.07) is 9.66. The van der Waals surface area contributed by atoms with E-state index in [-0.39, 0.29) is 13.0 Å². The first-order valence-corrected chi connectivity index (χ1v) is 5.22. The Hall–Kier alpha value is -1.42. The molecule has 16 heavy (non-hydrogen) atoms. The Morgan fingerprint density at radius 1 is 1.38 bits per heavy atom. The highest BCUT2D eigenvalue weighted by Crippen LogP contribution is 2.18. The van der Waals surface area contributed by atoms with Crippen LogP contribution in [0.4, 0.5) is 4.39 Å². The van der Waals surface area contributed by atoms with Crippen LogP contribution < -0.4 is 0 Å². The summed E-state index contributed by atoms with van der Waals surface area (Å²) in [4.78, 5) is 10.8. The maximum Gasteiger partial charge on any atom is 0.341 e. The van der Waals surface area contributed by atoms with Crippen molar-refractivity contribution >= 4 is 5.97 Å². The van der Waals surface area contributed by atoms with Gasteiger partial charge in [-0.25, -0.2) is 9.18 Å². The molecule has 1 saturated heterocycles. The van der Waals surface area contributed by atoms with Gasteiger partial charge in [0.05, 0.1) is 13.2 Å². The van der Waals surface area contributed by atoms with Gasteiger partial charge in [-0.2, -0.15) is 0 Å². The fourth-order valence-corrected chi connectivity index (χ4v) is 1.60. The number of esters is 1. The zero-order valence-corrected chi connectivity index (χ0v) is 8.77. The van der Waals surface area contributed by atoms with Gasteiger partial charge in [0.15, 0.2) is 0 Å². The number of hydrogen-bond acceptors (Lipinski definition) is 3. The molecule has 0 spiro atoms. The minimum absolute atomic E-state index is 0.105. The smallest absolute Gasteiger partial charge is 0.341 e. The molecule has 3 nitrogen and oxygen atoms in total. The molecular formula is C12H13FO3. The van der Waals surface area contributed by atoms with E-state index in [4.69, 9.17) is 9.47 Å². The molecule has 0 radical (unpaired) electrons. The third kappa shape index (κ3) is 2.79. The molecule has 2 rings (SSSR count). The molecule has 1 aliphatic rings. The third-order valence-corrected chi connectivity index (χ3v) is 2.42. The van der Waals surface area contributed by atoms with E-state index in [1.807, 2.05) is 30.3 Å². The number of alkyl halides is 1. The highest BCUT2D eigenvalue weighted by molar-refractivity contribution is 5.76. The number of carbonyl (C=O) groups is 1. The van der Waals surface area contributed by atoms with Gasteiger partial charge in [0.1, 0.15) is 6.10 Å². The van der Waals surface area contributed by atoms with Crippen molar-refractivity contribution < 1.29 is 18.7 Å². The largest absolute Gasteiger partial charge is 0.458 e. The van der Waals surface area contributed by atoms with Crippen LogP contribution in [0, 0.1) is 0 Å². The van der Waals surface area contributed by atoms with E-state index < -0.39 is 18.2 Å². The zero-order valence-electron chi connectivity index (χ0n) is 8.77. The molecule has 0 saturated carbocycles. The molecule has 0 unspecified atom stereocenters. The van der Waals surface area contributed by atoms with Crippen molar-refractivity contribution in [2.75, 3.05) is 6.61 Å². The number of benzene rings is 1. The van der Waals surface area contributed by atoms with Crippen LogP contribution in [-0.2, 0) is 20.9 Å². The Bertz CT molecular complexity index is 353. The summed E-state index contributed by atoms with van der Waals surface area (Å²) in [5.74, 6) is -0.770. The zero-order chi connectivity index (χ0) is 11.4. The summed E-state index contributed by atoms with van der Waals surface area (Å²) < 4.78 is 22.9. The molecule has 1 aliphatic heterocycles. The van der Waals surface area contributed by atoms with Gasteiger partial charge in [-0.05, 0) is 5.56 Å². The molecule has 1 fully saturated rings. The van der Waals surface area contributed by atoms with Crippen LogP contribution in [0.1, 0.15) is 12.0 Å². The van der Waals surface area contributed by atoms with Gasteiger partial charge < -0.3 is 9.47 Å². The second-order valence-corrected chi connectivity index (χ2v) is 3.76. The summed E-state index contributed by atoms with van der Waals surface area (Å²) in [5, 5.41) is 0. The van der Waals surface area contributed by atoms with Gasteiger partial charge in [0.2, 0.25) is 6.17 Å². The molecular weight excluding hydrogens is 211 g/mol. The van der Waals surface area contributed by atoms with Gasteiger partial charge in [0.25, 0.3) is 0 Å². The maximum atomic E-state index is 12.8. The minimum Gasteiger partial charge on any atom is -0.458 e. The lowest BCUT2D eigenvalue weighted by molar-refractivity contribution is -0.146. The van der Waals surface area contributed by atoms with E-state index in [1.165, 1.54) is 0 Å². The Labute approximate surface area is 93.2 Å². The lowest BCUT2D eigenvalue weighted by atomic mass is 10.2. The maximum absolute atomic E-state index is 12.8. The van der Waals surface area contributed by atoms with Gasteiger partial charge >= 0.3 is 5.97 Å². The molecule has 0 N–H and O–H groups in total.